The number of rotatable bonds is 18. The van der Waals surface area contributed by atoms with Crippen LogP contribution in [0.15, 0.2) is 0 Å². The third kappa shape index (κ3) is 12.9. The highest BCUT2D eigenvalue weighted by atomic mass is 16.8. The Kier molecular flexibility index (Phi) is 21.8. The van der Waals surface area contributed by atoms with Crippen LogP contribution in [0.25, 0.3) is 0 Å². The van der Waals surface area contributed by atoms with E-state index in [-0.39, 0.29) is 0 Å². The second-order valence-corrected chi connectivity index (χ2v) is 19.2. The zero-order valence-electron chi connectivity index (χ0n) is 39.7. The van der Waals surface area contributed by atoms with Gasteiger partial charge in [-0.15, -0.1) is 0 Å². The first-order chi connectivity index (χ1) is 36.0. The van der Waals surface area contributed by atoms with Crippen molar-refractivity contribution in [2.75, 3.05) is 46.2 Å². The molecule has 0 aromatic heterocycles. The van der Waals surface area contributed by atoms with Gasteiger partial charge in [-0.2, -0.15) is 0 Å². The summed E-state index contributed by atoms with van der Waals surface area (Å²) in [5.41, 5.74) is 0. The quantitative estimate of drug-likeness (QED) is 0.0606. The molecule has 7 aliphatic rings. The van der Waals surface area contributed by atoms with E-state index in [0.717, 1.165) is 0 Å². The molecule has 7 heterocycles. The molecule has 35 heteroatoms. The van der Waals surface area contributed by atoms with E-state index in [2.05, 4.69) is 0 Å². The van der Waals surface area contributed by atoms with Crippen molar-refractivity contribution in [1.82, 2.24) is 0 Å². The van der Waals surface area contributed by atoms with Gasteiger partial charge < -0.3 is 174 Å². The van der Waals surface area contributed by atoms with Crippen LogP contribution in [0.5, 0.6) is 0 Å². The maximum absolute atomic E-state index is 11.7. The molecule has 7 fully saturated rings. The van der Waals surface area contributed by atoms with E-state index < -0.39 is 255 Å². The summed E-state index contributed by atoms with van der Waals surface area (Å²) in [6.07, 6.45) is -66.2. The minimum absolute atomic E-state index is 0.484. The first-order valence-corrected chi connectivity index (χ1v) is 24.1. The molecule has 35 nitrogen and oxygen atoms in total. The van der Waals surface area contributed by atoms with E-state index in [1.54, 1.807) is 0 Å². The summed E-state index contributed by atoms with van der Waals surface area (Å²) in [5, 5.41) is 233. The van der Waals surface area contributed by atoms with Crippen LogP contribution in [0.1, 0.15) is 0 Å². The Hall–Kier alpha value is -1.40. The average molecular weight is 1120 g/mol. The van der Waals surface area contributed by atoms with Crippen molar-refractivity contribution >= 4 is 0 Å². The lowest BCUT2D eigenvalue weighted by Crippen LogP contribution is -2.68. The standard InChI is InChI=1S/C41H70O35/c42-1-9-16(48)19(51)27(59)37(68-9)75-33-14(7-66-41-34(21(53)18(50)11(3-44)70-41)76-38-28(60)20(52)17(49)10(2-43)69-38)72-40(30(62)24(33)56)73-31-12(4-45)71-39(29(61)23(31)55)74-32-13(67-35(63)25(57)22(32)54)6-65-36-26(58)15(47)8(46)5-64-36/h8-63H,1-7H2/t8-,9-,10-,11-,12-,13-,14-,15+,16-,17+,18+,19+,20+,21+,22-,23-,24-,25+,26-,27-,28-,29-,30+,31-,32-,33-,34-,35-,36?,37+,38+,39+,40+,41+/m1/s1. The van der Waals surface area contributed by atoms with Gasteiger partial charge in [0.05, 0.1) is 46.2 Å². The molecule has 7 saturated heterocycles. The number of ether oxygens (including phenoxy) is 13. The van der Waals surface area contributed by atoms with E-state index >= 15 is 0 Å². The van der Waals surface area contributed by atoms with Gasteiger partial charge >= 0.3 is 0 Å². The van der Waals surface area contributed by atoms with Crippen LogP contribution in [-0.2, 0) is 61.6 Å². The number of aliphatic hydroxyl groups is 22. The minimum Gasteiger partial charge on any atom is -0.394 e. The van der Waals surface area contributed by atoms with Crippen LogP contribution < -0.4 is 0 Å². The SMILES string of the molecule is OC[C@H]1O[C@@H](O[C@H]2[C@@H](OC[C@H]3O[C@@H](O[C@H]4[C@H](O)[C@@H](O)[C@H](O[C@H]5[C@H](O)[C@H](O)[C@H](O)O[C@@H]5COC5OC[C@@H](O)[C@H](O)[C@H]5O)O[C@@H]4CO)[C@@H](O)[C@@H](O)[C@@H]3O[C@@H]3O[C@H](CO)[C@@H](O)[C@H](O)[C@H]3O)O[C@H](CO)[C@H](O)[C@@H]2O)[C@H](O)[C@@H](O)[C@H]1O. The van der Waals surface area contributed by atoms with Crippen LogP contribution in [0.3, 0.4) is 0 Å². The number of hydrogen-bond acceptors (Lipinski definition) is 35. The van der Waals surface area contributed by atoms with Crippen LogP contribution in [0, 0.1) is 0 Å². The van der Waals surface area contributed by atoms with Gasteiger partial charge in [0.2, 0.25) is 0 Å². The van der Waals surface area contributed by atoms with E-state index in [0.29, 0.717) is 0 Å². The molecular formula is C41H70O35. The third-order valence-electron chi connectivity index (χ3n) is 14.1. The summed E-state index contributed by atoms with van der Waals surface area (Å²) in [6.45, 7) is -6.18. The maximum atomic E-state index is 11.7. The number of aliphatic hydroxyl groups excluding tert-OH is 22. The van der Waals surface area contributed by atoms with Crippen molar-refractivity contribution < 1.29 is 174 Å². The normalized spacial score (nSPS) is 53.6. The molecule has 0 bridgehead atoms. The summed E-state index contributed by atoms with van der Waals surface area (Å²) in [4.78, 5) is 0. The monoisotopic (exact) mass is 1120 g/mol. The Morgan fingerprint density at radius 1 is 0.276 bits per heavy atom. The van der Waals surface area contributed by atoms with E-state index in [4.69, 9.17) is 61.6 Å². The summed E-state index contributed by atoms with van der Waals surface area (Å²) in [5.74, 6) is 0. The van der Waals surface area contributed by atoms with Crippen LogP contribution >= 0.6 is 0 Å². The fourth-order valence-electron chi connectivity index (χ4n) is 9.50. The second kappa shape index (κ2) is 26.7. The zero-order chi connectivity index (χ0) is 55.8. The summed E-state index contributed by atoms with van der Waals surface area (Å²) in [6, 6.07) is 0. The highest BCUT2D eigenvalue weighted by Crippen LogP contribution is 2.36. The molecule has 34 atom stereocenters. The molecule has 0 aromatic rings. The molecule has 0 aromatic carbocycles. The van der Waals surface area contributed by atoms with Gasteiger partial charge in [0.15, 0.2) is 44.0 Å². The molecule has 0 amide bonds. The lowest BCUT2D eigenvalue weighted by Gasteiger charge is -2.49. The molecule has 0 radical (unpaired) electrons. The van der Waals surface area contributed by atoms with E-state index in [1.807, 2.05) is 0 Å². The van der Waals surface area contributed by atoms with Crippen molar-refractivity contribution in [1.29, 1.82) is 0 Å². The van der Waals surface area contributed by atoms with Gasteiger partial charge in [0.1, 0.15) is 165 Å². The predicted octanol–water partition coefficient (Wildman–Crippen LogP) is -15.6. The van der Waals surface area contributed by atoms with E-state index in [9.17, 15) is 112 Å². The maximum Gasteiger partial charge on any atom is 0.187 e. The lowest BCUT2D eigenvalue weighted by molar-refractivity contribution is -0.395. The van der Waals surface area contributed by atoms with Crippen molar-refractivity contribution in [3.05, 3.63) is 0 Å². The average Bonchev–Trinajstić information content (AvgIpc) is 3.40. The zero-order valence-corrected chi connectivity index (χ0v) is 39.7. The predicted molar refractivity (Wildman–Crippen MR) is 226 cm³/mol. The van der Waals surface area contributed by atoms with Crippen molar-refractivity contribution in [3.8, 4) is 0 Å². The fourth-order valence-corrected chi connectivity index (χ4v) is 9.50. The Labute approximate surface area is 428 Å². The lowest BCUT2D eigenvalue weighted by atomic mass is 9.95. The minimum atomic E-state index is -2.31. The largest absolute Gasteiger partial charge is 0.394 e. The molecule has 0 spiro atoms. The van der Waals surface area contributed by atoms with Gasteiger partial charge in [-0.1, -0.05) is 0 Å². The van der Waals surface area contributed by atoms with Crippen molar-refractivity contribution in [2.45, 2.75) is 209 Å². The Bertz CT molecular complexity index is 1760. The molecule has 22 N–H and O–H groups in total. The highest BCUT2D eigenvalue weighted by molar-refractivity contribution is 5.00. The van der Waals surface area contributed by atoms with Crippen LogP contribution in [0.2, 0.25) is 0 Å². The second-order valence-electron chi connectivity index (χ2n) is 19.2. The van der Waals surface area contributed by atoms with Crippen LogP contribution in [-0.4, -0.2) is 367 Å². The van der Waals surface area contributed by atoms with E-state index in [1.165, 1.54) is 0 Å². The smallest absolute Gasteiger partial charge is 0.187 e. The molecule has 0 saturated carbocycles. The molecule has 7 rings (SSSR count). The summed E-state index contributed by atoms with van der Waals surface area (Å²) in [7, 11) is 0. The molecular weight excluding hydrogens is 1050 g/mol. The Balaban J connectivity index is 1.10. The molecule has 76 heavy (non-hydrogen) atoms. The Morgan fingerprint density at radius 2 is 0.592 bits per heavy atom. The molecule has 7 aliphatic heterocycles. The Morgan fingerprint density at radius 3 is 1.05 bits per heavy atom. The number of hydrogen-bond donors (Lipinski definition) is 22. The summed E-state index contributed by atoms with van der Waals surface area (Å²) >= 11 is 0. The van der Waals surface area contributed by atoms with Gasteiger partial charge in [0, 0.05) is 0 Å². The van der Waals surface area contributed by atoms with Gasteiger partial charge in [-0.25, -0.2) is 0 Å². The topological polar surface area (TPSA) is 565 Å². The van der Waals surface area contributed by atoms with Crippen LogP contribution in [0.4, 0.5) is 0 Å². The first kappa shape index (κ1) is 62.2. The van der Waals surface area contributed by atoms with Gasteiger partial charge in [-0.3, -0.25) is 0 Å². The highest BCUT2D eigenvalue weighted by Gasteiger charge is 2.57. The molecule has 1 unspecified atom stereocenters. The molecule has 444 valence electrons. The molecule has 0 aliphatic carbocycles. The van der Waals surface area contributed by atoms with Gasteiger partial charge in [-0.05, 0) is 0 Å². The summed E-state index contributed by atoms with van der Waals surface area (Å²) < 4.78 is 72.9. The van der Waals surface area contributed by atoms with Crippen molar-refractivity contribution in [2.24, 2.45) is 0 Å². The van der Waals surface area contributed by atoms with Crippen molar-refractivity contribution in [3.63, 3.8) is 0 Å². The van der Waals surface area contributed by atoms with Gasteiger partial charge in [0.25, 0.3) is 0 Å². The first-order valence-electron chi connectivity index (χ1n) is 24.1. The third-order valence-corrected chi connectivity index (χ3v) is 14.1. The fraction of sp³-hybridized carbons (Fsp3) is 1.00.